The Hall–Kier alpha value is -3.36. The van der Waals surface area contributed by atoms with Gasteiger partial charge in [-0.2, -0.15) is 4.31 Å². The van der Waals surface area contributed by atoms with Crippen LogP contribution in [0.1, 0.15) is 31.9 Å². The lowest BCUT2D eigenvalue weighted by molar-refractivity contribution is 0.266. The van der Waals surface area contributed by atoms with Crippen molar-refractivity contribution in [3.63, 3.8) is 0 Å². The van der Waals surface area contributed by atoms with E-state index in [0.717, 1.165) is 22.6 Å². The molecule has 1 fully saturated rings. The predicted molar refractivity (Wildman–Crippen MR) is 141 cm³/mol. The van der Waals surface area contributed by atoms with Gasteiger partial charge in [0, 0.05) is 26.2 Å². The second-order valence-corrected chi connectivity index (χ2v) is 11.9. The summed E-state index contributed by atoms with van der Waals surface area (Å²) in [6.45, 7) is 8.09. The monoisotopic (exact) mass is 505 g/mol. The zero-order chi connectivity index (χ0) is 25.5. The van der Waals surface area contributed by atoms with Crippen molar-refractivity contribution >= 4 is 21.5 Å². The van der Waals surface area contributed by atoms with E-state index in [0.29, 0.717) is 48.3 Å². The third kappa shape index (κ3) is 4.47. The molecular weight excluding hydrogens is 474 g/mol. The average Bonchev–Trinajstić information content (AvgIpc) is 3.05. The number of para-hydroxylation sites is 3. The summed E-state index contributed by atoms with van der Waals surface area (Å²) in [5.41, 5.74) is 2.61. The van der Waals surface area contributed by atoms with Crippen LogP contribution in [-0.4, -0.2) is 56.7 Å². The van der Waals surface area contributed by atoms with Crippen molar-refractivity contribution in [2.45, 2.75) is 31.1 Å². The van der Waals surface area contributed by atoms with Crippen LogP contribution < -0.4 is 9.47 Å². The van der Waals surface area contributed by atoms with Crippen LogP contribution in [0.15, 0.2) is 76.6 Å². The number of methoxy groups -OCH3 is 1. The van der Waals surface area contributed by atoms with E-state index in [4.69, 9.17) is 14.5 Å². The van der Waals surface area contributed by atoms with E-state index >= 15 is 0 Å². The van der Waals surface area contributed by atoms with Gasteiger partial charge in [-0.25, -0.2) is 13.4 Å². The first kappa shape index (κ1) is 24.3. The summed E-state index contributed by atoms with van der Waals surface area (Å²) in [6.07, 6.45) is 0. The standard InChI is InChI=1S/C28H31N3O4S/c1-28(2,3)20-12-14-21(15-13-20)36(32,33)31-18-16-30(17-19-31)27-22-8-7-11-25(34-4)26(22)35-24-10-6-5-9-23(24)29-27/h5-15H,16-19H2,1-4H3. The molecule has 5 rings (SSSR count). The van der Waals surface area contributed by atoms with Crippen molar-refractivity contribution < 1.29 is 17.9 Å². The average molecular weight is 506 g/mol. The van der Waals surface area contributed by atoms with Crippen LogP contribution in [0.5, 0.6) is 17.2 Å². The largest absolute Gasteiger partial charge is 0.493 e. The molecule has 2 aliphatic heterocycles. The van der Waals surface area contributed by atoms with E-state index in [1.165, 1.54) is 0 Å². The first-order chi connectivity index (χ1) is 17.2. The number of piperazine rings is 1. The van der Waals surface area contributed by atoms with E-state index in [9.17, 15) is 8.42 Å². The minimum atomic E-state index is -3.58. The van der Waals surface area contributed by atoms with Gasteiger partial charge >= 0.3 is 0 Å². The van der Waals surface area contributed by atoms with Gasteiger partial charge in [-0.1, -0.05) is 51.1 Å². The van der Waals surface area contributed by atoms with E-state index in [-0.39, 0.29) is 5.41 Å². The third-order valence-electron chi connectivity index (χ3n) is 6.64. The van der Waals surface area contributed by atoms with Gasteiger partial charge in [0.05, 0.1) is 17.6 Å². The Labute approximate surface area is 213 Å². The fraction of sp³-hybridized carbons (Fsp3) is 0.321. The molecule has 3 aromatic rings. The molecule has 0 unspecified atom stereocenters. The van der Waals surface area contributed by atoms with Crippen molar-refractivity contribution in [3.05, 3.63) is 77.9 Å². The van der Waals surface area contributed by atoms with Gasteiger partial charge in [-0.05, 0) is 47.4 Å². The van der Waals surface area contributed by atoms with E-state index in [2.05, 4.69) is 25.7 Å². The Balaban J connectivity index is 1.41. The molecule has 1 saturated heterocycles. The van der Waals surface area contributed by atoms with Gasteiger partial charge in [0.15, 0.2) is 17.2 Å². The molecule has 3 aromatic carbocycles. The van der Waals surface area contributed by atoms with Crippen molar-refractivity contribution in [2.75, 3.05) is 33.3 Å². The summed E-state index contributed by atoms with van der Waals surface area (Å²) in [7, 11) is -1.97. The zero-order valence-electron chi connectivity index (χ0n) is 21.1. The zero-order valence-corrected chi connectivity index (χ0v) is 21.9. The Bertz CT molecular complexity index is 1400. The molecule has 0 amide bonds. The summed E-state index contributed by atoms with van der Waals surface area (Å²) < 4.78 is 40.1. The fourth-order valence-electron chi connectivity index (χ4n) is 4.54. The second-order valence-electron chi connectivity index (χ2n) is 10.0. The second kappa shape index (κ2) is 9.26. The highest BCUT2D eigenvalue weighted by molar-refractivity contribution is 7.89. The van der Waals surface area contributed by atoms with Crippen LogP contribution in [-0.2, 0) is 15.4 Å². The predicted octanol–water partition coefficient (Wildman–Crippen LogP) is 5.18. The maximum Gasteiger partial charge on any atom is 0.243 e. The summed E-state index contributed by atoms with van der Waals surface area (Å²) >= 11 is 0. The molecule has 2 aliphatic rings. The molecule has 0 N–H and O–H groups in total. The lowest BCUT2D eigenvalue weighted by Crippen LogP contribution is -2.50. The molecule has 0 aromatic heterocycles. The van der Waals surface area contributed by atoms with Gasteiger partial charge in [0.25, 0.3) is 0 Å². The van der Waals surface area contributed by atoms with Gasteiger partial charge in [-0.3, -0.25) is 0 Å². The molecule has 0 radical (unpaired) electrons. The highest BCUT2D eigenvalue weighted by Gasteiger charge is 2.32. The van der Waals surface area contributed by atoms with Crippen molar-refractivity contribution in [2.24, 2.45) is 4.99 Å². The smallest absolute Gasteiger partial charge is 0.243 e. The van der Waals surface area contributed by atoms with Crippen LogP contribution in [0, 0.1) is 0 Å². The van der Waals surface area contributed by atoms with Crippen LogP contribution in [0.4, 0.5) is 5.69 Å². The van der Waals surface area contributed by atoms with E-state index < -0.39 is 10.0 Å². The van der Waals surface area contributed by atoms with Crippen LogP contribution in [0.2, 0.25) is 0 Å². The lowest BCUT2D eigenvalue weighted by atomic mass is 9.87. The maximum atomic E-state index is 13.4. The number of sulfonamides is 1. The quantitative estimate of drug-likeness (QED) is 0.490. The Morgan fingerprint density at radius 3 is 2.25 bits per heavy atom. The van der Waals surface area contributed by atoms with Gasteiger partial charge in [-0.15, -0.1) is 0 Å². The number of ether oxygens (including phenoxy) is 2. The maximum absolute atomic E-state index is 13.4. The SMILES string of the molecule is COc1cccc2c1Oc1ccccc1N=C2N1CCN(S(=O)(=O)c2ccc(C(C)(C)C)cc2)CC1. The molecule has 2 heterocycles. The molecule has 0 bridgehead atoms. The van der Waals surface area contributed by atoms with Gasteiger partial charge in [0.2, 0.25) is 10.0 Å². The summed E-state index contributed by atoms with van der Waals surface area (Å²) in [4.78, 5) is 7.40. The number of benzene rings is 3. The topological polar surface area (TPSA) is 71.4 Å². The van der Waals surface area contributed by atoms with Crippen LogP contribution in [0.25, 0.3) is 0 Å². The highest BCUT2D eigenvalue weighted by atomic mass is 32.2. The van der Waals surface area contributed by atoms with Crippen LogP contribution >= 0.6 is 0 Å². The third-order valence-corrected chi connectivity index (χ3v) is 8.55. The number of hydrogen-bond acceptors (Lipinski definition) is 6. The number of amidine groups is 1. The van der Waals surface area contributed by atoms with Gasteiger partial charge in [0.1, 0.15) is 11.5 Å². The normalized spacial score (nSPS) is 16.3. The lowest BCUT2D eigenvalue weighted by Gasteiger charge is -2.36. The molecule has 8 heteroatoms. The number of aliphatic imine (C=N–C) groups is 1. The Kier molecular flexibility index (Phi) is 6.26. The minimum absolute atomic E-state index is 0.0331. The molecule has 188 valence electrons. The summed E-state index contributed by atoms with van der Waals surface area (Å²) in [5.74, 6) is 2.63. The van der Waals surface area contributed by atoms with Crippen molar-refractivity contribution in [1.29, 1.82) is 0 Å². The summed E-state index contributed by atoms with van der Waals surface area (Å²) in [6, 6.07) is 20.6. The van der Waals surface area contributed by atoms with Crippen molar-refractivity contribution in [3.8, 4) is 17.2 Å². The summed E-state index contributed by atoms with van der Waals surface area (Å²) in [5, 5.41) is 0. The van der Waals surface area contributed by atoms with Crippen molar-refractivity contribution in [1.82, 2.24) is 9.21 Å². The first-order valence-electron chi connectivity index (χ1n) is 12.1. The van der Waals surface area contributed by atoms with Gasteiger partial charge < -0.3 is 14.4 Å². The number of rotatable bonds is 3. The minimum Gasteiger partial charge on any atom is -0.493 e. The molecule has 36 heavy (non-hydrogen) atoms. The molecule has 0 spiro atoms. The fourth-order valence-corrected chi connectivity index (χ4v) is 5.96. The molecular formula is C28H31N3O4S. The molecule has 0 aliphatic carbocycles. The van der Waals surface area contributed by atoms with E-state index in [1.807, 2.05) is 54.6 Å². The Morgan fingerprint density at radius 1 is 0.889 bits per heavy atom. The first-order valence-corrected chi connectivity index (χ1v) is 13.5. The molecule has 0 saturated carbocycles. The number of nitrogens with zero attached hydrogens (tertiary/aromatic N) is 3. The Morgan fingerprint density at radius 2 is 1.58 bits per heavy atom. The van der Waals surface area contributed by atoms with E-state index in [1.54, 1.807) is 23.5 Å². The number of fused-ring (bicyclic) bond motifs is 2. The van der Waals surface area contributed by atoms with Crippen LogP contribution in [0.3, 0.4) is 0 Å². The molecule has 0 atom stereocenters. The number of hydrogen-bond donors (Lipinski definition) is 0. The molecule has 7 nitrogen and oxygen atoms in total. The highest BCUT2D eigenvalue weighted by Crippen LogP contribution is 2.42.